The van der Waals surface area contributed by atoms with Crippen molar-refractivity contribution in [3.63, 3.8) is 0 Å². The summed E-state index contributed by atoms with van der Waals surface area (Å²) in [5.74, 6) is 0.978. The molecule has 0 saturated heterocycles. The van der Waals surface area contributed by atoms with E-state index in [1.165, 1.54) is 19.2 Å². The molecule has 0 aliphatic carbocycles. The van der Waals surface area contributed by atoms with Crippen molar-refractivity contribution in [2.75, 3.05) is 30.8 Å². The highest BCUT2D eigenvalue weighted by atomic mass is 32.2. The van der Waals surface area contributed by atoms with Crippen LogP contribution in [0.2, 0.25) is 0 Å². The molecule has 0 radical (unpaired) electrons. The standard InChI is InChI=1S/C18H21N3O4S2/c1-4-11-19-18(26)20-16-10-9-15(12-17(16)25-3)27(22,23)21-13-5-7-14(24-2)8-6-13/h4-10,12,21H,1,11H2,2-3H3,(H2,19,20,26). The fourth-order valence-corrected chi connectivity index (χ4v) is 3.41. The number of hydrogen-bond donors (Lipinski definition) is 3. The number of ether oxygens (including phenoxy) is 2. The van der Waals surface area contributed by atoms with E-state index in [1.807, 2.05) is 0 Å². The summed E-state index contributed by atoms with van der Waals surface area (Å²) in [6.45, 7) is 4.11. The second-order valence-electron chi connectivity index (χ2n) is 5.32. The van der Waals surface area contributed by atoms with E-state index in [0.717, 1.165) is 0 Å². The summed E-state index contributed by atoms with van der Waals surface area (Å²) in [5.41, 5.74) is 0.967. The molecule has 0 spiro atoms. The molecular formula is C18H21N3O4S2. The Labute approximate surface area is 164 Å². The summed E-state index contributed by atoms with van der Waals surface area (Å²) in [6, 6.07) is 11.0. The molecule has 0 unspecified atom stereocenters. The molecule has 0 amide bonds. The van der Waals surface area contributed by atoms with E-state index in [2.05, 4.69) is 21.9 Å². The molecule has 2 aromatic carbocycles. The third-order valence-corrected chi connectivity index (χ3v) is 5.11. The minimum atomic E-state index is -3.79. The first kappa shape index (κ1) is 20.5. The van der Waals surface area contributed by atoms with Crippen LogP contribution in [0.25, 0.3) is 0 Å². The van der Waals surface area contributed by atoms with E-state index < -0.39 is 10.0 Å². The lowest BCUT2D eigenvalue weighted by Gasteiger charge is -2.15. The van der Waals surface area contributed by atoms with E-state index in [0.29, 0.717) is 34.5 Å². The fraction of sp³-hybridized carbons (Fsp3) is 0.167. The summed E-state index contributed by atoms with van der Waals surface area (Å²) in [4.78, 5) is 0.0608. The Bertz CT molecular complexity index is 913. The summed E-state index contributed by atoms with van der Waals surface area (Å²) in [7, 11) is -0.792. The van der Waals surface area contributed by atoms with Crippen LogP contribution in [0.3, 0.4) is 0 Å². The fourth-order valence-electron chi connectivity index (χ4n) is 2.15. The maximum absolute atomic E-state index is 12.6. The zero-order chi connectivity index (χ0) is 19.9. The van der Waals surface area contributed by atoms with Crippen molar-refractivity contribution in [1.82, 2.24) is 5.32 Å². The minimum Gasteiger partial charge on any atom is -0.497 e. The van der Waals surface area contributed by atoms with Crippen molar-refractivity contribution in [1.29, 1.82) is 0 Å². The van der Waals surface area contributed by atoms with Gasteiger partial charge in [-0.15, -0.1) is 6.58 Å². The van der Waals surface area contributed by atoms with Crippen LogP contribution in [-0.2, 0) is 10.0 Å². The van der Waals surface area contributed by atoms with Gasteiger partial charge in [0.2, 0.25) is 0 Å². The molecule has 0 bridgehead atoms. The normalized spacial score (nSPS) is 10.6. The predicted molar refractivity (Wildman–Crippen MR) is 111 cm³/mol. The average molecular weight is 408 g/mol. The lowest BCUT2D eigenvalue weighted by atomic mass is 10.3. The van der Waals surface area contributed by atoms with Crippen LogP contribution in [0, 0.1) is 0 Å². The average Bonchev–Trinajstić information content (AvgIpc) is 2.66. The van der Waals surface area contributed by atoms with Crippen LogP contribution in [0.4, 0.5) is 11.4 Å². The molecule has 27 heavy (non-hydrogen) atoms. The number of thiocarbonyl (C=S) groups is 1. The van der Waals surface area contributed by atoms with Gasteiger partial charge in [-0.05, 0) is 48.6 Å². The van der Waals surface area contributed by atoms with E-state index in [1.54, 1.807) is 43.5 Å². The summed E-state index contributed by atoms with van der Waals surface area (Å²) < 4.78 is 38.1. The Morgan fingerprint density at radius 2 is 1.85 bits per heavy atom. The van der Waals surface area contributed by atoms with Gasteiger partial charge in [0.1, 0.15) is 11.5 Å². The third-order valence-electron chi connectivity index (χ3n) is 3.48. The molecule has 2 rings (SSSR count). The number of anilines is 2. The second kappa shape index (κ2) is 9.24. The van der Waals surface area contributed by atoms with Gasteiger partial charge in [-0.3, -0.25) is 4.72 Å². The highest BCUT2D eigenvalue weighted by Gasteiger charge is 2.17. The highest BCUT2D eigenvalue weighted by Crippen LogP contribution is 2.29. The number of benzene rings is 2. The molecule has 7 nitrogen and oxygen atoms in total. The van der Waals surface area contributed by atoms with Crippen LogP contribution < -0.4 is 24.8 Å². The van der Waals surface area contributed by atoms with Crippen molar-refractivity contribution in [2.24, 2.45) is 0 Å². The second-order valence-corrected chi connectivity index (χ2v) is 7.41. The van der Waals surface area contributed by atoms with E-state index in [4.69, 9.17) is 21.7 Å². The minimum absolute atomic E-state index is 0.0608. The van der Waals surface area contributed by atoms with Gasteiger partial charge in [-0.1, -0.05) is 6.08 Å². The van der Waals surface area contributed by atoms with Crippen LogP contribution in [0.15, 0.2) is 60.0 Å². The van der Waals surface area contributed by atoms with Gasteiger partial charge >= 0.3 is 0 Å². The quantitative estimate of drug-likeness (QED) is 0.458. The van der Waals surface area contributed by atoms with Gasteiger partial charge in [0.25, 0.3) is 10.0 Å². The molecule has 2 aromatic rings. The van der Waals surface area contributed by atoms with Crippen LogP contribution >= 0.6 is 12.2 Å². The first-order chi connectivity index (χ1) is 12.9. The van der Waals surface area contributed by atoms with Gasteiger partial charge in [0.15, 0.2) is 5.11 Å². The summed E-state index contributed by atoms with van der Waals surface area (Å²) >= 11 is 5.16. The topological polar surface area (TPSA) is 88.7 Å². The molecule has 3 N–H and O–H groups in total. The molecule has 0 fully saturated rings. The molecule has 0 atom stereocenters. The van der Waals surface area contributed by atoms with E-state index in [-0.39, 0.29) is 4.90 Å². The maximum Gasteiger partial charge on any atom is 0.262 e. The number of sulfonamides is 1. The van der Waals surface area contributed by atoms with Crippen LogP contribution in [-0.4, -0.2) is 34.3 Å². The largest absolute Gasteiger partial charge is 0.497 e. The molecule has 0 aliphatic rings. The third kappa shape index (κ3) is 5.60. The predicted octanol–water partition coefficient (Wildman–Crippen LogP) is 2.98. The first-order valence-corrected chi connectivity index (χ1v) is 9.79. The van der Waals surface area contributed by atoms with Gasteiger partial charge in [-0.25, -0.2) is 8.42 Å². The van der Waals surface area contributed by atoms with Gasteiger partial charge in [0, 0.05) is 18.3 Å². The molecule has 0 saturated carbocycles. The number of rotatable bonds is 8. The van der Waals surface area contributed by atoms with Gasteiger partial charge in [0.05, 0.1) is 24.8 Å². The van der Waals surface area contributed by atoms with Crippen molar-refractivity contribution < 1.29 is 17.9 Å². The van der Waals surface area contributed by atoms with Crippen molar-refractivity contribution in [2.45, 2.75) is 4.90 Å². The molecule has 0 aromatic heterocycles. The molecule has 0 aliphatic heterocycles. The number of methoxy groups -OCH3 is 2. The lowest BCUT2D eigenvalue weighted by molar-refractivity contribution is 0.415. The zero-order valence-electron chi connectivity index (χ0n) is 15.0. The zero-order valence-corrected chi connectivity index (χ0v) is 16.6. The Hall–Kier alpha value is -2.78. The Kier molecular flexibility index (Phi) is 7.03. The van der Waals surface area contributed by atoms with Crippen molar-refractivity contribution >= 4 is 38.7 Å². The lowest BCUT2D eigenvalue weighted by Crippen LogP contribution is -2.28. The van der Waals surface area contributed by atoms with Gasteiger partial charge in [-0.2, -0.15) is 0 Å². The number of nitrogens with one attached hydrogen (secondary N) is 3. The van der Waals surface area contributed by atoms with E-state index in [9.17, 15) is 8.42 Å². The summed E-state index contributed by atoms with van der Waals surface area (Å²) in [5, 5.41) is 6.26. The Balaban J connectivity index is 2.21. The molecule has 0 heterocycles. The summed E-state index contributed by atoms with van der Waals surface area (Å²) in [6.07, 6.45) is 1.67. The van der Waals surface area contributed by atoms with Crippen molar-refractivity contribution in [3.8, 4) is 11.5 Å². The monoisotopic (exact) mass is 407 g/mol. The first-order valence-electron chi connectivity index (χ1n) is 7.90. The Morgan fingerprint density at radius 3 is 2.44 bits per heavy atom. The Morgan fingerprint density at radius 1 is 1.15 bits per heavy atom. The molecule has 144 valence electrons. The maximum atomic E-state index is 12.6. The molecule has 9 heteroatoms. The highest BCUT2D eigenvalue weighted by molar-refractivity contribution is 7.92. The smallest absolute Gasteiger partial charge is 0.262 e. The van der Waals surface area contributed by atoms with Crippen LogP contribution in [0.1, 0.15) is 0 Å². The number of hydrogen-bond acceptors (Lipinski definition) is 5. The van der Waals surface area contributed by atoms with E-state index >= 15 is 0 Å². The SMILES string of the molecule is C=CCNC(=S)Nc1ccc(S(=O)(=O)Nc2ccc(OC)cc2)cc1OC. The van der Waals surface area contributed by atoms with Gasteiger partial charge < -0.3 is 20.1 Å². The van der Waals surface area contributed by atoms with Crippen molar-refractivity contribution in [3.05, 3.63) is 55.1 Å². The molecular weight excluding hydrogens is 386 g/mol. The van der Waals surface area contributed by atoms with Crippen LogP contribution in [0.5, 0.6) is 11.5 Å².